The van der Waals surface area contributed by atoms with Gasteiger partial charge in [0.2, 0.25) is 0 Å². The molecule has 1 aromatic rings. The number of aromatic nitrogens is 1. The van der Waals surface area contributed by atoms with Crippen LogP contribution in [0.5, 0.6) is 0 Å². The summed E-state index contributed by atoms with van der Waals surface area (Å²) in [6, 6.07) is 0. The molecule has 1 N–H and O–H groups in total. The van der Waals surface area contributed by atoms with Crippen LogP contribution < -0.4 is 5.32 Å². The van der Waals surface area contributed by atoms with Crippen molar-refractivity contribution in [2.75, 3.05) is 40.3 Å². The van der Waals surface area contributed by atoms with Crippen LogP contribution in [-0.4, -0.2) is 55.1 Å². The topological polar surface area (TPSA) is 31.4 Å². The Labute approximate surface area is 114 Å². The Balaban J connectivity index is 1.96. The molecule has 4 nitrogen and oxygen atoms in total. The van der Waals surface area contributed by atoms with Crippen LogP contribution in [0.1, 0.15) is 22.5 Å². The third kappa shape index (κ3) is 3.51. The summed E-state index contributed by atoms with van der Waals surface area (Å²) in [6.45, 7) is 8.84. The van der Waals surface area contributed by atoms with E-state index in [1.54, 1.807) is 0 Å². The molecular formula is C13H24N4S. The minimum atomic E-state index is 0.948. The van der Waals surface area contributed by atoms with Crippen LogP contribution in [-0.2, 0) is 19.5 Å². The van der Waals surface area contributed by atoms with Crippen molar-refractivity contribution in [3.05, 3.63) is 15.6 Å². The fourth-order valence-electron chi connectivity index (χ4n) is 2.28. The van der Waals surface area contributed by atoms with Crippen molar-refractivity contribution >= 4 is 11.3 Å². The molecule has 1 aliphatic rings. The molecule has 0 saturated carbocycles. The van der Waals surface area contributed by atoms with E-state index in [1.807, 2.05) is 18.4 Å². The molecular weight excluding hydrogens is 244 g/mol. The molecule has 0 spiro atoms. The third-order valence-electron chi connectivity index (χ3n) is 3.45. The van der Waals surface area contributed by atoms with Gasteiger partial charge in [-0.1, -0.05) is 6.92 Å². The van der Waals surface area contributed by atoms with Crippen molar-refractivity contribution in [3.8, 4) is 0 Å². The summed E-state index contributed by atoms with van der Waals surface area (Å²) in [5.41, 5.74) is 1.28. The molecule has 0 aromatic carbocycles. The molecule has 1 saturated heterocycles. The Kier molecular flexibility index (Phi) is 5.12. The highest BCUT2D eigenvalue weighted by Crippen LogP contribution is 2.21. The lowest BCUT2D eigenvalue weighted by atomic mass is 10.3. The van der Waals surface area contributed by atoms with Crippen molar-refractivity contribution in [3.63, 3.8) is 0 Å². The van der Waals surface area contributed by atoms with Gasteiger partial charge in [0.1, 0.15) is 5.01 Å². The van der Waals surface area contributed by atoms with E-state index in [-0.39, 0.29) is 0 Å². The molecule has 1 aliphatic heterocycles. The maximum atomic E-state index is 4.78. The highest BCUT2D eigenvalue weighted by Gasteiger charge is 2.16. The molecule has 0 aliphatic carbocycles. The van der Waals surface area contributed by atoms with Gasteiger partial charge in [0.15, 0.2) is 0 Å². The van der Waals surface area contributed by atoms with Crippen molar-refractivity contribution in [2.24, 2.45) is 0 Å². The molecule has 2 rings (SSSR count). The first-order valence-corrected chi connectivity index (χ1v) is 7.57. The fourth-order valence-corrected chi connectivity index (χ4v) is 3.49. The predicted octanol–water partition coefficient (Wildman–Crippen LogP) is 1.17. The number of rotatable bonds is 5. The van der Waals surface area contributed by atoms with Crippen LogP contribution in [0.4, 0.5) is 0 Å². The van der Waals surface area contributed by atoms with Gasteiger partial charge in [0, 0.05) is 37.6 Å². The largest absolute Gasteiger partial charge is 0.315 e. The smallest absolute Gasteiger partial charge is 0.107 e. The Morgan fingerprint density at radius 1 is 1.28 bits per heavy atom. The van der Waals surface area contributed by atoms with Crippen LogP contribution in [0.2, 0.25) is 0 Å². The van der Waals surface area contributed by atoms with E-state index in [0.717, 1.165) is 19.5 Å². The van der Waals surface area contributed by atoms with Crippen LogP contribution in [0.15, 0.2) is 0 Å². The van der Waals surface area contributed by atoms with Gasteiger partial charge >= 0.3 is 0 Å². The Hall–Kier alpha value is -0.490. The molecule has 2 heterocycles. The van der Waals surface area contributed by atoms with Crippen LogP contribution in [0.25, 0.3) is 0 Å². The van der Waals surface area contributed by atoms with Crippen molar-refractivity contribution in [1.82, 2.24) is 20.1 Å². The van der Waals surface area contributed by atoms with E-state index < -0.39 is 0 Å². The second-order valence-corrected chi connectivity index (χ2v) is 6.11. The number of nitrogens with zero attached hydrogens (tertiary/aromatic N) is 3. The summed E-state index contributed by atoms with van der Waals surface area (Å²) in [5.74, 6) is 0. The standard InChI is InChI=1S/C13H24N4S/c1-4-11-12(9-14-2)18-13(15-11)10-17-7-5-16(3)6-8-17/h14H,4-10H2,1-3H3. The summed E-state index contributed by atoms with van der Waals surface area (Å²) in [4.78, 5) is 11.1. The number of nitrogens with one attached hydrogen (secondary N) is 1. The van der Waals surface area contributed by atoms with Gasteiger partial charge < -0.3 is 10.2 Å². The Morgan fingerprint density at radius 2 is 2.00 bits per heavy atom. The molecule has 0 amide bonds. The summed E-state index contributed by atoms with van der Waals surface area (Å²) >= 11 is 1.87. The Morgan fingerprint density at radius 3 is 2.61 bits per heavy atom. The van der Waals surface area contributed by atoms with Crippen molar-refractivity contribution in [2.45, 2.75) is 26.4 Å². The van der Waals surface area contributed by atoms with Crippen molar-refractivity contribution in [1.29, 1.82) is 0 Å². The summed E-state index contributed by atoms with van der Waals surface area (Å²) in [6.07, 6.45) is 1.04. The molecule has 1 aromatic heterocycles. The summed E-state index contributed by atoms with van der Waals surface area (Å²) < 4.78 is 0. The number of hydrogen-bond acceptors (Lipinski definition) is 5. The second kappa shape index (κ2) is 6.61. The summed E-state index contributed by atoms with van der Waals surface area (Å²) in [7, 11) is 4.19. The van der Waals surface area contributed by atoms with Gasteiger partial charge in [-0.25, -0.2) is 4.98 Å². The number of thiazole rings is 1. The molecule has 5 heteroatoms. The lowest BCUT2D eigenvalue weighted by Crippen LogP contribution is -2.43. The van der Waals surface area contributed by atoms with Crippen molar-refractivity contribution < 1.29 is 0 Å². The van der Waals surface area contributed by atoms with E-state index in [2.05, 4.69) is 29.1 Å². The van der Waals surface area contributed by atoms with Gasteiger partial charge in [-0.2, -0.15) is 0 Å². The number of likely N-dealkylation sites (N-methyl/N-ethyl adjacent to an activating group) is 1. The normalized spacial score (nSPS) is 18.4. The van der Waals surface area contributed by atoms with Gasteiger partial charge in [-0.05, 0) is 20.5 Å². The molecule has 1 fully saturated rings. The first-order chi connectivity index (χ1) is 8.72. The minimum Gasteiger partial charge on any atom is -0.315 e. The Bertz CT molecular complexity index is 369. The average molecular weight is 268 g/mol. The zero-order valence-corrected chi connectivity index (χ0v) is 12.5. The quantitative estimate of drug-likeness (QED) is 0.869. The minimum absolute atomic E-state index is 0.948. The molecule has 0 bridgehead atoms. The number of hydrogen-bond donors (Lipinski definition) is 1. The zero-order valence-electron chi connectivity index (χ0n) is 11.7. The maximum absolute atomic E-state index is 4.78. The molecule has 18 heavy (non-hydrogen) atoms. The van der Waals surface area contributed by atoms with Gasteiger partial charge in [-0.3, -0.25) is 4.90 Å². The van der Waals surface area contributed by atoms with Gasteiger partial charge in [0.05, 0.1) is 12.2 Å². The third-order valence-corrected chi connectivity index (χ3v) is 4.53. The number of aryl methyl sites for hydroxylation is 1. The maximum Gasteiger partial charge on any atom is 0.107 e. The highest BCUT2D eigenvalue weighted by atomic mass is 32.1. The zero-order chi connectivity index (χ0) is 13.0. The molecule has 0 unspecified atom stereocenters. The van der Waals surface area contributed by atoms with E-state index in [1.165, 1.54) is 41.8 Å². The molecule has 0 atom stereocenters. The first kappa shape index (κ1) is 13.9. The average Bonchev–Trinajstić information content (AvgIpc) is 2.75. The first-order valence-electron chi connectivity index (χ1n) is 6.76. The predicted molar refractivity (Wildman–Crippen MR) is 77.0 cm³/mol. The number of piperazine rings is 1. The van der Waals surface area contributed by atoms with E-state index in [0.29, 0.717) is 0 Å². The lowest BCUT2D eigenvalue weighted by molar-refractivity contribution is 0.148. The summed E-state index contributed by atoms with van der Waals surface area (Å²) in [5, 5.41) is 4.51. The van der Waals surface area contributed by atoms with E-state index in [4.69, 9.17) is 4.98 Å². The highest BCUT2D eigenvalue weighted by molar-refractivity contribution is 7.11. The van der Waals surface area contributed by atoms with Crippen LogP contribution >= 0.6 is 11.3 Å². The molecule has 0 radical (unpaired) electrons. The lowest BCUT2D eigenvalue weighted by Gasteiger charge is -2.31. The van der Waals surface area contributed by atoms with Crippen LogP contribution in [0.3, 0.4) is 0 Å². The fraction of sp³-hybridized carbons (Fsp3) is 0.769. The van der Waals surface area contributed by atoms with E-state index in [9.17, 15) is 0 Å². The van der Waals surface area contributed by atoms with Crippen LogP contribution in [0, 0.1) is 0 Å². The van der Waals surface area contributed by atoms with Gasteiger partial charge in [-0.15, -0.1) is 11.3 Å². The van der Waals surface area contributed by atoms with E-state index >= 15 is 0 Å². The molecule has 102 valence electrons. The van der Waals surface area contributed by atoms with Gasteiger partial charge in [0.25, 0.3) is 0 Å². The SMILES string of the molecule is CCc1nc(CN2CCN(C)CC2)sc1CNC. The second-order valence-electron chi connectivity index (χ2n) is 4.94. The monoisotopic (exact) mass is 268 g/mol.